The van der Waals surface area contributed by atoms with Crippen molar-refractivity contribution in [3.8, 4) is 0 Å². The predicted molar refractivity (Wildman–Crippen MR) is 168 cm³/mol. The normalized spacial score (nSPS) is 23.4. The standard InChI is InChI=1S/C32H32Cl2N4O4S/c33-23-7-4-6-22(18-23)21-38-28(39)20-31(43-25-8-2-1-3-9-25,29(40)35-12-5-13-37-14-16-42-17-15-37)32(38)26-11-10-24(34)19-27(26)36-30(32)41/h1-4,6-11,18-19H,5,12-17,20-21H2,(H,35,40)(H,36,41). The first-order valence-corrected chi connectivity index (χ1v) is 15.9. The molecule has 0 aliphatic carbocycles. The van der Waals surface area contributed by atoms with Gasteiger partial charge in [0.15, 0.2) is 5.54 Å². The molecule has 2 fully saturated rings. The van der Waals surface area contributed by atoms with Crippen LogP contribution in [0.5, 0.6) is 0 Å². The number of morpholine rings is 1. The summed E-state index contributed by atoms with van der Waals surface area (Å²) in [5.41, 5.74) is 0.131. The molecule has 3 aromatic rings. The van der Waals surface area contributed by atoms with Crippen LogP contribution in [0.25, 0.3) is 0 Å². The molecule has 1 spiro atoms. The quantitative estimate of drug-likeness (QED) is 0.323. The molecule has 11 heteroatoms. The van der Waals surface area contributed by atoms with Gasteiger partial charge in [-0.25, -0.2) is 0 Å². The van der Waals surface area contributed by atoms with Gasteiger partial charge in [-0.2, -0.15) is 0 Å². The highest BCUT2D eigenvalue weighted by Crippen LogP contribution is 2.61. The molecule has 3 aromatic carbocycles. The molecular formula is C32H32Cl2N4O4S. The van der Waals surface area contributed by atoms with Gasteiger partial charge in [-0.15, -0.1) is 11.8 Å². The zero-order chi connectivity index (χ0) is 30.0. The lowest BCUT2D eigenvalue weighted by Gasteiger charge is -2.44. The van der Waals surface area contributed by atoms with E-state index in [0.29, 0.717) is 41.1 Å². The summed E-state index contributed by atoms with van der Waals surface area (Å²) in [5, 5.41) is 7.06. The monoisotopic (exact) mass is 638 g/mol. The van der Waals surface area contributed by atoms with Gasteiger partial charge in [0.2, 0.25) is 11.8 Å². The maximum atomic E-state index is 14.6. The van der Waals surface area contributed by atoms with Gasteiger partial charge >= 0.3 is 0 Å². The molecule has 2 atom stereocenters. The summed E-state index contributed by atoms with van der Waals surface area (Å²) in [6, 6.07) is 21.8. The average molecular weight is 640 g/mol. The van der Waals surface area contributed by atoms with E-state index in [1.54, 1.807) is 41.3 Å². The molecule has 0 radical (unpaired) electrons. The summed E-state index contributed by atoms with van der Waals surface area (Å²) in [6.07, 6.45) is 0.557. The summed E-state index contributed by atoms with van der Waals surface area (Å²) >= 11 is 13.9. The SMILES string of the molecule is O=C1CC(Sc2ccccc2)(C(=O)NCCCN2CCOCC2)C2(C(=O)Nc3cc(Cl)ccc32)N1Cc1cccc(Cl)c1. The van der Waals surface area contributed by atoms with Crippen LogP contribution in [-0.4, -0.2) is 71.7 Å². The van der Waals surface area contributed by atoms with Crippen molar-refractivity contribution in [3.63, 3.8) is 0 Å². The Morgan fingerprint density at radius 1 is 0.977 bits per heavy atom. The lowest BCUT2D eigenvalue weighted by Crippen LogP contribution is -2.63. The Morgan fingerprint density at radius 3 is 2.51 bits per heavy atom. The van der Waals surface area contributed by atoms with Crippen LogP contribution in [0.2, 0.25) is 10.0 Å². The zero-order valence-electron chi connectivity index (χ0n) is 23.5. The fraction of sp³-hybridized carbons (Fsp3) is 0.344. The number of halogens is 2. The Kier molecular flexibility index (Phi) is 8.71. The number of rotatable bonds is 9. The predicted octanol–water partition coefficient (Wildman–Crippen LogP) is 4.94. The minimum atomic E-state index is -1.65. The molecule has 43 heavy (non-hydrogen) atoms. The molecular weight excluding hydrogens is 607 g/mol. The lowest BCUT2D eigenvalue weighted by atomic mass is 9.77. The topological polar surface area (TPSA) is 91.0 Å². The number of benzene rings is 3. The van der Waals surface area contributed by atoms with Gasteiger partial charge in [-0.3, -0.25) is 19.3 Å². The maximum Gasteiger partial charge on any atom is 0.257 e. The van der Waals surface area contributed by atoms with Crippen molar-refractivity contribution >= 4 is 58.4 Å². The van der Waals surface area contributed by atoms with Gasteiger partial charge < -0.3 is 20.3 Å². The van der Waals surface area contributed by atoms with Gasteiger partial charge in [-0.05, 0) is 54.9 Å². The van der Waals surface area contributed by atoms with Crippen molar-refractivity contribution in [2.45, 2.75) is 34.6 Å². The van der Waals surface area contributed by atoms with E-state index in [4.69, 9.17) is 27.9 Å². The van der Waals surface area contributed by atoms with Crippen molar-refractivity contribution in [3.05, 3.63) is 94.0 Å². The Bertz CT molecular complexity index is 1540. The van der Waals surface area contributed by atoms with Crippen LogP contribution in [0.1, 0.15) is 24.0 Å². The number of nitrogens with one attached hydrogen (secondary N) is 2. The highest BCUT2D eigenvalue weighted by molar-refractivity contribution is 8.01. The van der Waals surface area contributed by atoms with Crippen molar-refractivity contribution in [1.29, 1.82) is 0 Å². The largest absolute Gasteiger partial charge is 0.379 e. The van der Waals surface area contributed by atoms with E-state index in [-0.39, 0.29) is 24.8 Å². The maximum absolute atomic E-state index is 14.6. The van der Waals surface area contributed by atoms with E-state index in [1.165, 1.54) is 11.8 Å². The Hall–Kier alpha value is -3.08. The van der Waals surface area contributed by atoms with Crippen LogP contribution in [-0.2, 0) is 31.2 Å². The van der Waals surface area contributed by atoms with Crippen molar-refractivity contribution in [1.82, 2.24) is 15.1 Å². The summed E-state index contributed by atoms with van der Waals surface area (Å²) in [7, 11) is 0. The Balaban J connectivity index is 1.43. The number of thioether (sulfide) groups is 1. The molecule has 2 saturated heterocycles. The summed E-state index contributed by atoms with van der Waals surface area (Å²) in [4.78, 5) is 47.9. The van der Waals surface area contributed by atoms with Gasteiger partial charge in [0.1, 0.15) is 4.75 Å². The first-order valence-electron chi connectivity index (χ1n) is 14.3. The van der Waals surface area contributed by atoms with E-state index < -0.39 is 16.2 Å². The van der Waals surface area contributed by atoms with Gasteiger partial charge in [0.05, 0.1) is 19.6 Å². The molecule has 3 heterocycles. The van der Waals surface area contributed by atoms with Crippen LogP contribution in [0.3, 0.4) is 0 Å². The molecule has 0 saturated carbocycles. The number of likely N-dealkylation sites (tertiary alicyclic amines) is 1. The van der Waals surface area contributed by atoms with Crippen molar-refractivity contribution in [2.75, 3.05) is 44.7 Å². The van der Waals surface area contributed by atoms with Crippen LogP contribution in [0.4, 0.5) is 5.69 Å². The molecule has 3 amide bonds. The van der Waals surface area contributed by atoms with Crippen LogP contribution >= 0.6 is 35.0 Å². The molecule has 224 valence electrons. The minimum Gasteiger partial charge on any atom is -0.379 e. The number of ether oxygens (including phenoxy) is 1. The molecule has 6 rings (SSSR count). The molecule has 0 aromatic heterocycles. The number of carbonyl (C=O) groups excluding carboxylic acids is 3. The van der Waals surface area contributed by atoms with Crippen molar-refractivity contribution < 1.29 is 19.1 Å². The number of amides is 3. The molecule has 8 nitrogen and oxygen atoms in total. The average Bonchev–Trinajstić information content (AvgIpc) is 3.43. The van der Waals surface area contributed by atoms with E-state index in [2.05, 4.69) is 15.5 Å². The summed E-state index contributed by atoms with van der Waals surface area (Å²) in [5.74, 6) is -1.10. The van der Waals surface area contributed by atoms with Crippen LogP contribution in [0.15, 0.2) is 77.7 Å². The van der Waals surface area contributed by atoms with Gasteiger partial charge in [0, 0.05) is 52.4 Å². The molecule has 2 unspecified atom stereocenters. The molecule has 3 aliphatic heterocycles. The third kappa shape index (κ3) is 5.53. The Morgan fingerprint density at radius 2 is 1.74 bits per heavy atom. The molecule has 3 aliphatic rings. The minimum absolute atomic E-state index is 0.0935. The van der Waals surface area contributed by atoms with Crippen molar-refractivity contribution in [2.24, 2.45) is 0 Å². The fourth-order valence-electron chi connectivity index (χ4n) is 6.37. The highest BCUT2D eigenvalue weighted by atomic mass is 35.5. The van der Waals surface area contributed by atoms with E-state index in [0.717, 1.165) is 36.5 Å². The number of carbonyl (C=O) groups is 3. The summed E-state index contributed by atoms with van der Waals surface area (Å²) in [6.45, 7) is 4.44. The number of hydrogen-bond acceptors (Lipinski definition) is 6. The van der Waals surface area contributed by atoms with Crippen LogP contribution < -0.4 is 10.6 Å². The number of nitrogens with zero attached hydrogens (tertiary/aromatic N) is 2. The first-order chi connectivity index (χ1) is 20.8. The van der Waals surface area contributed by atoms with Gasteiger partial charge in [-0.1, -0.05) is 59.6 Å². The highest BCUT2D eigenvalue weighted by Gasteiger charge is 2.74. The van der Waals surface area contributed by atoms with Gasteiger partial charge in [0.25, 0.3) is 5.91 Å². The van der Waals surface area contributed by atoms with Crippen LogP contribution in [0, 0.1) is 0 Å². The zero-order valence-corrected chi connectivity index (χ0v) is 25.8. The lowest BCUT2D eigenvalue weighted by molar-refractivity contribution is -0.141. The second-order valence-corrected chi connectivity index (χ2v) is 13.2. The third-order valence-corrected chi connectivity index (χ3v) is 10.3. The first kappa shape index (κ1) is 30.0. The number of fused-ring (bicyclic) bond motifs is 2. The number of hydrogen-bond donors (Lipinski definition) is 2. The fourth-order valence-corrected chi connectivity index (χ4v) is 8.27. The second-order valence-electron chi connectivity index (χ2n) is 10.9. The third-order valence-electron chi connectivity index (χ3n) is 8.31. The second kappa shape index (κ2) is 12.5. The number of anilines is 1. The molecule has 0 bridgehead atoms. The Labute approximate surface area is 265 Å². The summed E-state index contributed by atoms with van der Waals surface area (Å²) < 4.78 is 3.92. The van der Waals surface area contributed by atoms with E-state index >= 15 is 0 Å². The van der Waals surface area contributed by atoms with E-state index in [1.807, 2.05) is 36.4 Å². The van der Waals surface area contributed by atoms with E-state index in [9.17, 15) is 14.4 Å². The smallest absolute Gasteiger partial charge is 0.257 e. The molecule has 2 N–H and O–H groups in total.